The second kappa shape index (κ2) is 6.79. The highest BCUT2D eigenvalue weighted by Crippen LogP contribution is 2.17. The number of hydrogen-bond donors (Lipinski definition) is 2. The molecule has 1 amide bonds. The van der Waals surface area contributed by atoms with E-state index >= 15 is 0 Å². The summed E-state index contributed by atoms with van der Waals surface area (Å²) < 4.78 is 5.22. The fraction of sp³-hybridized carbons (Fsp3) is 0.235. The van der Waals surface area contributed by atoms with Crippen LogP contribution in [0.25, 0.3) is 0 Å². The lowest BCUT2D eigenvalue weighted by atomic mass is 10.1. The summed E-state index contributed by atoms with van der Waals surface area (Å²) in [5, 5.41) is 3.37. The maximum atomic E-state index is 10.6. The molecule has 4 heteroatoms. The summed E-state index contributed by atoms with van der Waals surface area (Å²) in [6.07, 6.45) is 0. The first-order valence-electron chi connectivity index (χ1n) is 6.86. The number of anilines is 1. The molecule has 0 radical (unpaired) electrons. The molecule has 3 N–H and O–H groups in total. The average molecular weight is 284 g/mol. The summed E-state index contributed by atoms with van der Waals surface area (Å²) in [5.41, 5.74) is 9.86. The summed E-state index contributed by atoms with van der Waals surface area (Å²) in [4.78, 5) is 10.6. The Labute approximate surface area is 124 Å². The molecular weight excluding hydrogens is 264 g/mol. The van der Waals surface area contributed by atoms with Gasteiger partial charge in [0.25, 0.3) is 5.91 Å². The van der Waals surface area contributed by atoms with Crippen molar-refractivity contribution in [2.24, 2.45) is 5.73 Å². The van der Waals surface area contributed by atoms with Gasteiger partial charge in [0.05, 0.1) is 0 Å². The third kappa shape index (κ3) is 4.53. The van der Waals surface area contributed by atoms with Gasteiger partial charge in [-0.2, -0.15) is 0 Å². The predicted molar refractivity (Wildman–Crippen MR) is 84.4 cm³/mol. The van der Waals surface area contributed by atoms with Crippen molar-refractivity contribution in [1.82, 2.24) is 0 Å². The van der Waals surface area contributed by atoms with Crippen LogP contribution in [0.3, 0.4) is 0 Å². The minimum Gasteiger partial charge on any atom is -0.484 e. The number of carbonyl (C=O) groups excluding carboxylic acids is 1. The van der Waals surface area contributed by atoms with Gasteiger partial charge >= 0.3 is 0 Å². The van der Waals surface area contributed by atoms with Gasteiger partial charge in [0.1, 0.15) is 5.75 Å². The van der Waals surface area contributed by atoms with Crippen molar-refractivity contribution in [3.8, 4) is 5.75 Å². The maximum Gasteiger partial charge on any atom is 0.255 e. The van der Waals surface area contributed by atoms with Crippen LogP contribution in [0.2, 0.25) is 0 Å². The Morgan fingerprint density at radius 2 is 1.86 bits per heavy atom. The molecule has 0 heterocycles. The molecule has 0 aliphatic carbocycles. The Morgan fingerprint density at radius 3 is 2.48 bits per heavy atom. The maximum absolute atomic E-state index is 10.6. The van der Waals surface area contributed by atoms with Gasteiger partial charge in [-0.15, -0.1) is 0 Å². The van der Waals surface area contributed by atoms with E-state index in [1.165, 1.54) is 16.7 Å². The van der Waals surface area contributed by atoms with Crippen LogP contribution < -0.4 is 15.8 Å². The van der Waals surface area contributed by atoms with E-state index in [1.807, 2.05) is 24.3 Å². The van der Waals surface area contributed by atoms with E-state index in [4.69, 9.17) is 10.5 Å². The number of hydrogen-bond acceptors (Lipinski definition) is 3. The molecule has 0 aliphatic heterocycles. The third-order valence-corrected chi connectivity index (χ3v) is 3.22. The molecule has 21 heavy (non-hydrogen) atoms. The predicted octanol–water partition coefficient (Wildman–Crippen LogP) is 2.78. The summed E-state index contributed by atoms with van der Waals surface area (Å²) in [6.45, 7) is 4.88. The van der Waals surface area contributed by atoms with Gasteiger partial charge in [0.15, 0.2) is 6.61 Å². The van der Waals surface area contributed by atoms with Crippen molar-refractivity contribution >= 4 is 11.6 Å². The fourth-order valence-electron chi connectivity index (χ4n) is 2.06. The Kier molecular flexibility index (Phi) is 4.82. The molecule has 2 aromatic rings. The Bertz CT molecular complexity index is 621. The fourth-order valence-corrected chi connectivity index (χ4v) is 2.06. The molecule has 0 unspecified atom stereocenters. The summed E-state index contributed by atoms with van der Waals surface area (Å²) in [7, 11) is 0. The van der Waals surface area contributed by atoms with E-state index in [2.05, 4.69) is 37.4 Å². The SMILES string of the molecule is Cc1ccc(CNc2ccc(OCC(N)=O)cc2)c(C)c1. The number of aryl methyl sites for hydroxylation is 2. The number of benzene rings is 2. The largest absolute Gasteiger partial charge is 0.484 e. The molecule has 0 aliphatic rings. The molecule has 0 saturated carbocycles. The van der Waals surface area contributed by atoms with Gasteiger partial charge in [-0.25, -0.2) is 0 Å². The molecule has 0 bridgehead atoms. The van der Waals surface area contributed by atoms with E-state index in [9.17, 15) is 4.79 Å². The lowest BCUT2D eigenvalue weighted by molar-refractivity contribution is -0.119. The monoisotopic (exact) mass is 284 g/mol. The Morgan fingerprint density at radius 1 is 1.14 bits per heavy atom. The number of nitrogens with two attached hydrogens (primary N) is 1. The summed E-state index contributed by atoms with van der Waals surface area (Å²) >= 11 is 0. The number of amides is 1. The number of rotatable bonds is 6. The van der Waals surface area contributed by atoms with E-state index in [-0.39, 0.29) is 6.61 Å². The van der Waals surface area contributed by atoms with Crippen LogP contribution in [-0.2, 0) is 11.3 Å². The molecule has 0 spiro atoms. The van der Waals surface area contributed by atoms with Gasteiger partial charge in [0, 0.05) is 12.2 Å². The minimum absolute atomic E-state index is 0.102. The number of ether oxygens (including phenoxy) is 1. The van der Waals surface area contributed by atoms with Crippen LogP contribution in [0.1, 0.15) is 16.7 Å². The average Bonchev–Trinajstić information content (AvgIpc) is 2.45. The van der Waals surface area contributed by atoms with Crippen molar-refractivity contribution in [2.75, 3.05) is 11.9 Å². The van der Waals surface area contributed by atoms with Crippen LogP contribution >= 0.6 is 0 Å². The minimum atomic E-state index is -0.480. The van der Waals surface area contributed by atoms with Gasteiger partial charge in [-0.3, -0.25) is 4.79 Å². The zero-order chi connectivity index (χ0) is 15.2. The molecule has 0 saturated heterocycles. The lowest BCUT2D eigenvalue weighted by Crippen LogP contribution is -2.19. The Balaban J connectivity index is 1.92. The van der Waals surface area contributed by atoms with E-state index in [0.717, 1.165) is 12.2 Å². The van der Waals surface area contributed by atoms with Crippen molar-refractivity contribution in [2.45, 2.75) is 20.4 Å². The highest BCUT2D eigenvalue weighted by molar-refractivity contribution is 5.75. The molecule has 0 atom stereocenters. The van der Waals surface area contributed by atoms with E-state index in [0.29, 0.717) is 5.75 Å². The van der Waals surface area contributed by atoms with Gasteiger partial charge < -0.3 is 15.8 Å². The molecule has 2 aromatic carbocycles. The van der Waals surface area contributed by atoms with E-state index < -0.39 is 5.91 Å². The quantitative estimate of drug-likeness (QED) is 0.857. The standard InChI is InChI=1S/C17H20N2O2/c1-12-3-4-14(13(2)9-12)10-19-15-5-7-16(8-6-15)21-11-17(18)20/h3-9,19H,10-11H2,1-2H3,(H2,18,20). The molecule has 110 valence electrons. The van der Waals surface area contributed by atoms with Crippen LogP contribution in [0.5, 0.6) is 5.75 Å². The third-order valence-electron chi connectivity index (χ3n) is 3.22. The summed E-state index contributed by atoms with van der Waals surface area (Å²) in [5.74, 6) is 0.151. The van der Waals surface area contributed by atoms with E-state index in [1.54, 1.807) is 0 Å². The summed E-state index contributed by atoms with van der Waals surface area (Å²) in [6, 6.07) is 13.9. The topological polar surface area (TPSA) is 64.3 Å². The molecule has 2 rings (SSSR count). The zero-order valence-corrected chi connectivity index (χ0v) is 12.3. The second-order valence-electron chi connectivity index (χ2n) is 5.06. The molecule has 0 aromatic heterocycles. The number of carbonyl (C=O) groups is 1. The van der Waals surface area contributed by atoms with Crippen LogP contribution in [0, 0.1) is 13.8 Å². The number of nitrogens with one attached hydrogen (secondary N) is 1. The van der Waals surface area contributed by atoms with Crippen LogP contribution in [-0.4, -0.2) is 12.5 Å². The van der Waals surface area contributed by atoms with Crippen molar-refractivity contribution in [3.63, 3.8) is 0 Å². The second-order valence-corrected chi connectivity index (χ2v) is 5.06. The van der Waals surface area contributed by atoms with Crippen LogP contribution in [0.15, 0.2) is 42.5 Å². The highest BCUT2D eigenvalue weighted by Gasteiger charge is 2.00. The Hall–Kier alpha value is -2.49. The van der Waals surface area contributed by atoms with Crippen molar-refractivity contribution in [1.29, 1.82) is 0 Å². The first-order valence-corrected chi connectivity index (χ1v) is 6.86. The number of primary amides is 1. The van der Waals surface area contributed by atoms with Gasteiger partial charge in [-0.1, -0.05) is 23.8 Å². The van der Waals surface area contributed by atoms with Crippen LogP contribution in [0.4, 0.5) is 5.69 Å². The smallest absolute Gasteiger partial charge is 0.255 e. The lowest BCUT2D eigenvalue weighted by Gasteiger charge is -2.10. The molecular formula is C17H20N2O2. The highest BCUT2D eigenvalue weighted by atomic mass is 16.5. The first-order chi connectivity index (χ1) is 10.0. The van der Waals surface area contributed by atoms with Crippen molar-refractivity contribution < 1.29 is 9.53 Å². The zero-order valence-electron chi connectivity index (χ0n) is 12.3. The van der Waals surface area contributed by atoms with Crippen molar-refractivity contribution in [3.05, 3.63) is 59.2 Å². The van der Waals surface area contributed by atoms with Gasteiger partial charge in [-0.05, 0) is 49.2 Å². The normalized spacial score (nSPS) is 10.2. The molecule has 4 nitrogen and oxygen atoms in total. The van der Waals surface area contributed by atoms with Gasteiger partial charge in [0.2, 0.25) is 0 Å². The first kappa shape index (κ1) is 14.9. The molecule has 0 fully saturated rings.